The molecule has 2 N–H and O–H groups in total. The van der Waals surface area contributed by atoms with Crippen molar-refractivity contribution in [1.29, 1.82) is 0 Å². The van der Waals surface area contributed by atoms with Crippen LogP contribution in [0.15, 0.2) is 0 Å². The van der Waals surface area contributed by atoms with Crippen molar-refractivity contribution in [1.82, 2.24) is 5.32 Å². The first-order valence-corrected chi connectivity index (χ1v) is 6.83. The quantitative estimate of drug-likeness (QED) is 0.794. The van der Waals surface area contributed by atoms with Gasteiger partial charge in [-0.2, -0.15) is 0 Å². The summed E-state index contributed by atoms with van der Waals surface area (Å²) in [4.78, 5) is 11.4. The molecule has 0 bridgehead atoms. The van der Waals surface area contributed by atoms with Gasteiger partial charge >= 0.3 is 5.97 Å². The molecule has 1 aliphatic rings. The van der Waals surface area contributed by atoms with E-state index in [1.54, 1.807) is 7.05 Å². The Labute approximate surface area is 110 Å². The highest BCUT2D eigenvalue weighted by molar-refractivity contribution is 5.79. The summed E-state index contributed by atoms with van der Waals surface area (Å²) in [7, 11) is 1.73. The summed E-state index contributed by atoms with van der Waals surface area (Å²) in [5.74, 6) is -0.755. The summed E-state index contributed by atoms with van der Waals surface area (Å²) in [5, 5.41) is 12.3. The molecule has 0 heterocycles. The van der Waals surface area contributed by atoms with Gasteiger partial charge in [-0.25, -0.2) is 0 Å². The number of aliphatic carboxylic acids is 1. The molecule has 1 fully saturated rings. The lowest BCUT2D eigenvalue weighted by Crippen LogP contribution is -2.54. The maximum atomic E-state index is 11.4. The highest BCUT2D eigenvalue weighted by Gasteiger charge is 2.42. The first-order valence-electron chi connectivity index (χ1n) is 6.83. The molecule has 2 atom stereocenters. The van der Waals surface area contributed by atoms with E-state index < -0.39 is 11.5 Å². The predicted molar refractivity (Wildman–Crippen MR) is 71.7 cm³/mol. The SMILES string of the molecule is CNC1(C(=O)O)CCCC(OCCC(C)(C)C)C1. The molecule has 1 saturated carbocycles. The zero-order valence-corrected chi connectivity index (χ0v) is 12.1. The Kier molecular flexibility index (Phi) is 5.17. The number of hydrogen-bond donors (Lipinski definition) is 2. The number of carboxylic acid groups (broad SMARTS) is 1. The van der Waals surface area contributed by atoms with Gasteiger partial charge in [0.2, 0.25) is 0 Å². The van der Waals surface area contributed by atoms with E-state index in [9.17, 15) is 9.90 Å². The summed E-state index contributed by atoms with van der Waals surface area (Å²) in [6.07, 6.45) is 4.22. The zero-order chi connectivity index (χ0) is 13.8. The summed E-state index contributed by atoms with van der Waals surface area (Å²) in [6.45, 7) is 7.28. The van der Waals surface area contributed by atoms with Crippen molar-refractivity contribution in [2.45, 2.75) is 64.5 Å². The Morgan fingerprint density at radius 3 is 2.67 bits per heavy atom. The lowest BCUT2D eigenvalue weighted by Gasteiger charge is -2.37. The van der Waals surface area contributed by atoms with Crippen molar-refractivity contribution in [3.8, 4) is 0 Å². The van der Waals surface area contributed by atoms with Gasteiger partial charge in [0.25, 0.3) is 0 Å². The fourth-order valence-electron chi connectivity index (χ4n) is 2.43. The fourth-order valence-corrected chi connectivity index (χ4v) is 2.43. The topological polar surface area (TPSA) is 58.6 Å². The molecule has 0 aliphatic heterocycles. The van der Waals surface area contributed by atoms with Crippen LogP contribution in [0.1, 0.15) is 52.9 Å². The van der Waals surface area contributed by atoms with Gasteiger partial charge in [-0.15, -0.1) is 0 Å². The fraction of sp³-hybridized carbons (Fsp3) is 0.929. The van der Waals surface area contributed by atoms with Crippen molar-refractivity contribution >= 4 is 5.97 Å². The number of carboxylic acids is 1. The van der Waals surface area contributed by atoms with Gasteiger partial charge in [0.1, 0.15) is 5.54 Å². The third kappa shape index (κ3) is 4.25. The highest BCUT2D eigenvalue weighted by Crippen LogP contribution is 2.31. The molecule has 0 saturated heterocycles. The molecule has 0 aromatic rings. The highest BCUT2D eigenvalue weighted by atomic mass is 16.5. The average molecular weight is 257 g/mol. The summed E-state index contributed by atoms with van der Waals surface area (Å²) in [6, 6.07) is 0. The van der Waals surface area contributed by atoms with Crippen LogP contribution in [0.5, 0.6) is 0 Å². The molecule has 1 aliphatic carbocycles. The van der Waals surface area contributed by atoms with E-state index in [-0.39, 0.29) is 11.5 Å². The summed E-state index contributed by atoms with van der Waals surface area (Å²) >= 11 is 0. The van der Waals surface area contributed by atoms with Crippen molar-refractivity contribution in [3.63, 3.8) is 0 Å². The van der Waals surface area contributed by atoms with Crippen LogP contribution in [0.25, 0.3) is 0 Å². The average Bonchev–Trinajstić information content (AvgIpc) is 2.27. The van der Waals surface area contributed by atoms with Crippen molar-refractivity contribution < 1.29 is 14.6 Å². The molecule has 0 aromatic heterocycles. The van der Waals surface area contributed by atoms with Crippen LogP contribution >= 0.6 is 0 Å². The van der Waals surface area contributed by atoms with Crippen molar-refractivity contribution in [2.75, 3.05) is 13.7 Å². The van der Waals surface area contributed by atoms with Gasteiger partial charge in [-0.05, 0) is 38.1 Å². The first-order chi connectivity index (χ1) is 8.29. The molecule has 18 heavy (non-hydrogen) atoms. The van der Waals surface area contributed by atoms with Crippen LogP contribution < -0.4 is 5.32 Å². The minimum Gasteiger partial charge on any atom is -0.480 e. The second-order valence-electron chi connectivity index (χ2n) is 6.54. The molecule has 4 heteroatoms. The number of rotatable bonds is 5. The van der Waals surface area contributed by atoms with Crippen LogP contribution in [-0.4, -0.2) is 36.4 Å². The van der Waals surface area contributed by atoms with E-state index in [0.29, 0.717) is 19.4 Å². The van der Waals surface area contributed by atoms with Gasteiger partial charge < -0.3 is 15.2 Å². The Hall–Kier alpha value is -0.610. The third-order valence-electron chi connectivity index (χ3n) is 3.80. The molecule has 4 nitrogen and oxygen atoms in total. The number of likely N-dealkylation sites (N-methyl/N-ethyl adjacent to an activating group) is 1. The van der Waals surface area contributed by atoms with E-state index in [0.717, 1.165) is 19.3 Å². The van der Waals surface area contributed by atoms with Crippen LogP contribution in [0.2, 0.25) is 0 Å². The predicted octanol–water partition coefficient (Wildman–Crippen LogP) is 2.42. The molecule has 106 valence electrons. The van der Waals surface area contributed by atoms with E-state index in [1.165, 1.54) is 0 Å². The molecular formula is C14H27NO3. The summed E-state index contributed by atoms with van der Waals surface area (Å²) in [5.41, 5.74) is -0.522. The lowest BCUT2D eigenvalue weighted by molar-refractivity contribution is -0.149. The number of nitrogens with one attached hydrogen (secondary N) is 1. The number of ether oxygens (including phenoxy) is 1. The van der Waals surface area contributed by atoms with E-state index in [1.807, 2.05) is 0 Å². The van der Waals surface area contributed by atoms with Gasteiger partial charge in [0.15, 0.2) is 0 Å². The molecular weight excluding hydrogens is 230 g/mol. The molecule has 0 spiro atoms. The van der Waals surface area contributed by atoms with Crippen molar-refractivity contribution in [2.24, 2.45) is 5.41 Å². The van der Waals surface area contributed by atoms with E-state index in [4.69, 9.17) is 4.74 Å². The monoisotopic (exact) mass is 257 g/mol. The Morgan fingerprint density at radius 1 is 1.50 bits per heavy atom. The minimum absolute atomic E-state index is 0.0737. The molecule has 0 radical (unpaired) electrons. The van der Waals surface area contributed by atoms with Crippen LogP contribution in [-0.2, 0) is 9.53 Å². The lowest BCUT2D eigenvalue weighted by atomic mass is 9.80. The molecule has 1 rings (SSSR count). The van der Waals surface area contributed by atoms with Gasteiger partial charge in [-0.3, -0.25) is 4.79 Å². The number of hydrogen-bond acceptors (Lipinski definition) is 3. The zero-order valence-electron chi connectivity index (χ0n) is 12.1. The van der Waals surface area contributed by atoms with E-state index in [2.05, 4.69) is 26.1 Å². The largest absolute Gasteiger partial charge is 0.480 e. The van der Waals surface area contributed by atoms with Crippen molar-refractivity contribution in [3.05, 3.63) is 0 Å². The third-order valence-corrected chi connectivity index (χ3v) is 3.80. The summed E-state index contributed by atoms with van der Waals surface area (Å²) < 4.78 is 5.86. The first kappa shape index (κ1) is 15.4. The standard InChI is InChI=1S/C14H27NO3/c1-13(2,3)8-9-18-11-6-5-7-14(10-11,15-4)12(16)17/h11,15H,5-10H2,1-4H3,(H,16,17). The minimum atomic E-state index is -0.787. The Bertz CT molecular complexity index is 285. The van der Waals surface area contributed by atoms with Gasteiger partial charge in [0, 0.05) is 13.0 Å². The maximum Gasteiger partial charge on any atom is 0.323 e. The van der Waals surface area contributed by atoms with Gasteiger partial charge in [-0.1, -0.05) is 20.8 Å². The normalized spacial score (nSPS) is 29.2. The molecule has 2 unspecified atom stereocenters. The molecule has 0 amide bonds. The van der Waals surface area contributed by atoms with Crippen LogP contribution in [0, 0.1) is 5.41 Å². The van der Waals surface area contributed by atoms with Gasteiger partial charge in [0.05, 0.1) is 6.10 Å². The second kappa shape index (κ2) is 6.02. The smallest absolute Gasteiger partial charge is 0.323 e. The van der Waals surface area contributed by atoms with E-state index >= 15 is 0 Å². The van der Waals surface area contributed by atoms with Crippen LogP contribution in [0.4, 0.5) is 0 Å². The molecule has 0 aromatic carbocycles. The Balaban J connectivity index is 2.46. The maximum absolute atomic E-state index is 11.4. The number of carbonyl (C=O) groups is 1. The Morgan fingerprint density at radius 2 is 2.17 bits per heavy atom. The second-order valence-corrected chi connectivity index (χ2v) is 6.54. The van der Waals surface area contributed by atoms with Crippen LogP contribution in [0.3, 0.4) is 0 Å².